The zero-order chi connectivity index (χ0) is 23.9. The van der Waals surface area contributed by atoms with E-state index in [1.54, 1.807) is 0 Å². The van der Waals surface area contributed by atoms with Crippen LogP contribution < -0.4 is 0 Å². The largest absolute Gasteiger partial charge is 0.256 e. The number of hydrogen-bond acceptors (Lipinski definition) is 3. The molecule has 0 aliphatic carbocycles. The second-order valence-electron chi connectivity index (χ2n) is 8.92. The molecule has 0 N–H and O–H groups in total. The van der Waals surface area contributed by atoms with E-state index in [1.165, 1.54) is 10.8 Å². The minimum absolute atomic E-state index is 0.917. The molecule has 0 saturated heterocycles. The van der Waals surface area contributed by atoms with Crippen LogP contribution in [0.5, 0.6) is 0 Å². The summed E-state index contributed by atoms with van der Waals surface area (Å²) in [6.07, 6.45) is 1.82. The molecule has 0 aliphatic rings. The third-order valence-corrected chi connectivity index (χ3v) is 6.73. The fraction of sp³-hybridized carbons (Fsp3) is 0. The van der Waals surface area contributed by atoms with Crippen molar-refractivity contribution < 1.29 is 0 Å². The maximum absolute atomic E-state index is 5.14. The highest BCUT2D eigenvalue weighted by Gasteiger charge is 2.10. The molecule has 0 atom stereocenters. The van der Waals surface area contributed by atoms with Gasteiger partial charge in [0.15, 0.2) is 0 Å². The molecular formula is C33H21N3. The lowest BCUT2D eigenvalue weighted by molar-refractivity contribution is 1.32. The van der Waals surface area contributed by atoms with Gasteiger partial charge in [0, 0.05) is 33.7 Å². The van der Waals surface area contributed by atoms with Crippen LogP contribution in [0.2, 0.25) is 0 Å². The average molecular weight is 460 g/mol. The Morgan fingerprint density at radius 1 is 0.389 bits per heavy atom. The van der Waals surface area contributed by atoms with Crippen molar-refractivity contribution in [3.8, 4) is 33.8 Å². The molecule has 0 unspecified atom stereocenters. The van der Waals surface area contributed by atoms with Gasteiger partial charge in [-0.25, -0.2) is 9.97 Å². The number of nitrogens with zero attached hydrogens (tertiary/aromatic N) is 3. The summed E-state index contributed by atoms with van der Waals surface area (Å²) in [4.78, 5) is 14.7. The second-order valence-corrected chi connectivity index (χ2v) is 8.92. The van der Waals surface area contributed by atoms with Crippen LogP contribution >= 0.6 is 0 Å². The van der Waals surface area contributed by atoms with Crippen molar-refractivity contribution >= 4 is 32.6 Å². The van der Waals surface area contributed by atoms with Crippen LogP contribution in [0.4, 0.5) is 0 Å². The molecule has 3 heterocycles. The number of fused-ring (bicyclic) bond motifs is 4. The summed E-state index contributed by atoms with van der Waals surface area (Å²) in [6, 6.07) is 41.9. The van der Waals surface area contributed by atoms with Crippen LogP contribution in [-0.2, 0) is 0 Å². The van der Waals surface area contributed by atoms with Crippen molar-refractivity contribution in [2.24, 2.45) is 0 Å². The molecule has 0 radical (unpaired) electrons. The van der Waals surface area contributed by atoms with Crippen molar-refractivity contribution in [1.29, 1.82) is 0 Å². The third kappa shape index (κ3) is 3.50. The van der Waals surface area contributed by atoms with Crippen LogP contribution in [0.15, 0.2) is 128 Å². The Morgan fingerprint density at radius 2 is 1.00 bits per heavy atom. The number of aromatic nitrogens is 3. The molecule has 0 bridgehead atoms. The van der Waals surface area contributed by atoms with Crippen molar-refractivity contribution in [3.05, 3.63) is 128 Å². The number of benzene rings is 4. The first kappa shape index (κ1) is 20.5. The minimum Gasteiger partial charge on any atom is -0.256 e. The first-order chi connectivity index (χ1) is 17.8. The van der Waals surface area contributed by atoms with Crippen LogP contribution in [0, 0.1) is 0 Å². The summed E-state index contributed by atoms with van der Waals surface area (Å²) in [7, 11) is 0. The Labute approximate surface area is 208 Å². The third-order valence-electron chi connectivity index (χ3n) is 6.73. The summed E-state index contributed by atoms with van der Waals surface area (Å²) in [5.41, 5.74) is 7.98. The first-order valence-electron chi connectivity index (χ1n) is 12.0. The molecule has 4 aromatic carbocycles. The fourth-order valence-corrected chi connectivity index (χ4v) is 4.87. The zero-order valence-corrected chi connectivity index (χ0v) is 19.5. The molecular weight excluding hydrogens is 438 g/mol. The van der Waals surface area contributed by atoms with Gasteiger partial charge >= 0.3 is 0 Å². The summed E-state index contributed by atoms with van der Waals surface area (Å²) >= 11 is 0. The van der Waals surface area contributed by atoms with Crippen LogP contribution in [0.3, 0.4) is 0 Å². The summed E-state index contributed by atoms with van der Waals surface area (Å²) in [5.74, 6) is 0. The number of pyridine rings is 3. The molecule has 0 spiro atoms. The molecule has 168 valence electrons. The maximum atomic E-state index is 5.14. The van der Waals surface area contributed by atoms with Gasteiger partial charge in [-0.2, -0.15) is 0 Å². The highest BCUT2D eigenvalue weighted by molar-refractivity contribution is 6.05. The lowest BCUT2D eigenvalue weighted by Crippen LogP contribution is -1.91. The lowest BCUT2D eigenvalue weighted by Gasteiger charge is -2.10. The second kappa shape index (κ2) is 8.40. The van der Waals surface area contributed by atoms with E-state index in [-0.39, 0.29) is 0 Å². The minimum atomic E-state index is 0.917. The molecule has 3 aromatic heterocycles. The quantitative estimate of drug-likeness (QED) is 0.249. The predicted octanol–water partition coefficient (Wildman–Crippen LogP) is 8.33. The van der Waals surface area contributed by atoms with Gasteiger partial charge in [0.2, 0.25) is 0 Å². The van der Waals surface area contributed by atoms with Crippen molar-refractivity contribution in [1.82, 2.24) is 15.0 Å². The Kier molecular flexibility index (Phi) is 4.78. The van der Waals surface area contributed by atoms with Gasteiger partial charge in [-0.3, -0.25) is 4.98 Å². The first-order valence-corrected chi connectivity index (χ1v) is 12.0. The van der Waals surface area contributed by atoms with Gasteiger partial charge in [0.05, 0.1) is 28.1 Å². The smallest absolute Gasteiger partial charge is 0.0972 e. The lowest BCUT2D eigenvalue weighted by atomic mass is 10.0. The van der Waals surface area contributed by atoms with E-state index in [2.05, 4.69) is 108 Å². The van der Waals surface area contributed by atoms with E-state index >= 15 is 0 Å². The van der Waals surface area contributed by atoms with Gasteiger partial charge in [-0.05, 0) is 35.0 Å². The molecule has 0 amide bonds. The van der Waals surface area contributed by atoms with E-state index in [1.807, 2.05) is 24.4 Å². The fourth-order valence-electron chi connectivity index (χ4n) is 4.87. The van der Waals surface area contributed by atoms with Gasteiger partial charge in [0.25, 0.3) is 0 Å². The molecule has 36 heavy (non-hydrogen) atoms. The standard InChI is InChI=1S/C33H21N3/c1-2-8-27-22(6-1)7-5-9-28(27)31-20-18-26-16-15-25-17-19-30(35-32(25)33(26)36-31)24-13-11-23(12-14-24)29-10-3-4-21-34-29/h1-21H. The SMILES string of the molecule is c1ccc(-c2ccc(-c3ccc4ccc5ccc(-c6cccc7ccccc67)nc5c4n3)cc2)nc1. The van der Waals surface area contributed by atoms with E-state index in [0.29, 0.717) is 0 Å². The summed E-state index contributed by atoms with van der Waals surface area (Å²) in [5, 5.41) is 4.58. The van der Waals surface area contributed by atoms with E-state index in [0.717, 1.165) is 55.6 Å². The molecule has 0 saturated carbocycles. The normalized spacial score (nSPS) is 11.3. The van der Waals surface area contributed by atoms with E-state index < -0.39 is 0 Å². The average Bonchev–Trinajstić information content (AvgIpc) is 2.97. The molecule has 3 nitrogen and oxygen atoms in total. The predicted molar refractivity (Wildman–Crippen MR) is 149 cm³/mol. The van der Waals surface area contributed by atoms with E-state index in [9.17, 15) is 0 Å². The van der Waals surface area contributed by atoms with Crippen molar-refractivity contribution in [3.63, 3.8) is 0 Å². The Hall–Kier alpha value is -4.89. The van der Waals surface area contributed by atoms with Crippen LogP contribution in [0.25, 0.3) is 66.4 Å². The molecule has 7 aromatic rings. The van der Waals surface area contributed by atoms with Gasteiger partial charge in [-0.15, -0.1) is 0 Å². The van der Waals surface area contributed by atoms with Gasteiger partial charge < -0.3 is 0 Å². The Balaban J connectivity index is 1.36. The Morgan fingerprint density at radius 3 is 1.75 bits per heavy atom. The highest BCUT2D eigenvalue weighted by atomic mass is 14.8. The monoisotopic (exact) mass is 459 g/mol. The maximum Gasteiger partial charge on any atom is 0.0972 e. The summed E-state index contributed by atoms with van der Waals surface area (Å²) < 4.78 is 0. The van der Waals surface area contributed by atoms with Crippen molar-refractivity contribution in [2.45, 2.75) is 0 Å². The number of hydrogen-bond donors (Lipinski definition) is 0. The van der Waals surface area contributed by atoms with Gasteiger partial charge in [-0.1, -0.05) is 97.1 Å². The molecule has 0 fully saturated rings. The van der Waals surface area contributed by atoms with E-state index in [4.69, 9.17) is 9.97 Å². The zero-order valence-electron chi connectivity index (χ0n) is 19.5. The number of rotatable bonds is 3. The van der Waals surface area contributed by atoms with Gasteiger partial charge in [0.1, 0.15) is 0 Å². The molecule has 0 aliphatic heterocycles. The van der Waals surface area contributed by atoms with Crippen LogP contribution in [0.1, 0.15) is 0 Å². The topological polar surface area (TPSA) is 38.7 Å². The molecule has 7 rings (SSSR count). The molecule has 3 heteroatoms. The van der Waals surface area contributed by atoms with Crippen LogP contribution in [-0.4, -0.2) is 15.0 Å². The Bertz CT molecular complexity index is 1870. The highest BCUT2D eigenvalue weighted by Crippen LogP contribution is 2.32. The summed E-state index contributed by atoms with van der Waals surface area (Å²) in [6.45, 7) is 0. The van der Waals surface area contributed by atoms with Crippen molar-refractivity contribution in [2.75, 3.05) is 0 Å².